The van der Waals surface area contributed by atoms with Crippen molar-refractivity contribution in [1.29, 1.82) is 0 Å². The van der Waals surface area contributed by atoms with Crippen LogP contribution >= 0.6 is 15.9 Å². The minimum Gasteiger partial charge on any atom is -0.356 e. The van der Waals surface area contributed by atoms with Crippen LogP contribution in [0.25, 0.3) is 0 Å². The van der Waals surface area contributed by atoms with Crippen LogP contribution in [0.2, 0.25) is 0 Å². The molecule has 1 fully saturated rings. The Labute approximate surface area is 142 Å². The van der Waals surface area contributed by atoms with Gasteiger partial charge in [-0.3, -0.25) is 4.99 Å². The average Bonchev–Trinajstić information content (AvgIpc) is 2.50. The summed E-state index contributed by atoms with van der Waals surface area (Å²) < 4.78 is 1.14. The summed E-state index contributed by atoms with van der Waals surface area (Å²) in [6.45, 7) is 4.24. The van der Waals surface area contributed by atoms with Crippen LogP contribution in [-0.2, 0) is 6.54 Å². The molecule has 1 aromatic rings. The molecule has 0 aromatic heterocycles. The maximum atomic E-state index is 4.42. The largest absolute Gasteiger partial charge is 0.356 e. The average molecular weight is 367 g/mol. The smallest absolute Gasteiger partial charge is 0.193 e. The van der Waals surface area contributed by atoms with E-state index in [1.165, 1.54) is 31.5 Å². The van der Waals surface area contributed by atoms with Gasteiger partial charge in [0.1, 0.15) is 0 Å². The fraction of sp³-hybridized carbons (Fsp3) is 0.588. The Balaban J connectivity index is 1.87. The predicted molar refractivity (Wildman–Crippen MR) is 97.2 cm³/mol. The fourth-order valence-corrected chi connectivity index (χ4v) is 3.43. The SMILES string of the molecule is CN=C(NCC1CCCN(C)C1)N(C)Cc1ccccc1Br. The van der Waals surface area contributed by atoms with Crippen LogP contribution in [0.5, 0.6) is 0 Å². The zero-order valence-corrected chi connectivity index (χ0v) is 15.4. The predicted octanol–water partition coefficient (Wildman–Crippen LogP) is 2.80. The summed E-state index contributed by atoms with van der Waals surface area (Å²) in [7, 11) is 6.15. The second kappa shape index (κ2) is 8.53. The number of rotatable bonds is 4. The van der Waals surface area contributed by atoms with Crippen molar-refractivity contribution in [3.05, 3.63) is 34.3 Å². The van der Waals surface area contributed by atoms with E-state index in [1.807, 2.05) is 13.1 Å². The van der Waals surface area contributed by atoms with Gasteiger partial charge in [-0.1, -0.05) is 34.1 Å². The number of hydrogen-bond acceptors (Lipinski definition) is 2. The molecule has 1 unspecified atom stereocenters. The summed E-state index contributed by atoms with van der Waals surface area (Å²) in [4.78, 5) is 9.01. The molecule has 4 nitrogen and oxygen atoms in total. The molecule has 0 amide bonds. The normalized spacial score (nSPS) is 20.0. The van der Waals surface area contributed by atoms with E-state index >= 15 is 0 Å². The zero-order chi connectivity index (χ0) is 15.9. The molecule has 0 radical (unpaired) electrons. The molecule has 1 aromatic carbocycles. The first kappa shape index (κ1) is 17.3. The molecule has 2 rings (SSSR count). The zero-order valence-electron chi connectivity index (χ0n) is 13.8. The van der Waals surface area contributed by atoms with Crippen molar-refractivity contribution in [2.75, 3.05) is 40.8 Å². The highest BCUT2D eigenvalue weighted by molar-refractivity contribution is 9.10. The molecular weight excluding hydrogens is 340 g/mol. The minimum absolute atomic E-state index is 0.715. The summed E-state index contributed by atoms with van der Waals surface area (Å²) in [6, 6.07) is 8.34. The molecule has 1 N–H and O–H groups in total. The van der Waals surface area contributed by atoms with Crippen LogP contribution in [-0.4, -0.2) is 56.5 Å². The van der Waals surface area contributed by atoms with Gasteiger partial charge in [0.05, 0.1) is 0 Å². The van der Waals surface area contributed by atoms with E-state index in [4.69, 9.17) is 0 Å². The Bertz CT molecular complexity index is 503. The van der Waals surface area contributed by atoms with Crippen molar-refractivity contribution in [3.8, 4) is 0 Å². The monoisotopic (exact) mass is 366 g/mol. The molecule has 5 heteroatoms. The van der Waals surface area contributed by atoms with E-state index in [0.717, 1.165) is 23.5 Å². The number of hydrogen-bond donors (Lipinski definition) is 1. The van der Waals surface area contributed by atoms with Crippen LogP contribution in [0, 0.1) is 5.92 Å². The van der Waals surface area contributed by atoms with Crippen molar-refractivity contribution in [1.82, 2.24) is 15.1 Å². The summed E-state index contributed by atoms with van der Waals surface area (Å²) in [5.41, 5.74) is 1.27. The number of guanidine groups is 1. The van der Waals surface area contributed by atoms with Gasteiger partial charge in [-0.2, -0.15) is 0 Å². The Morgan fingerprint density at radius 3 is 2.91 bits per heavy atom. The molecule has 0 spiro atoms. The lowest BCUT2D eigenvalue weighted by Gasteiger charge is -2.31. The molecule has 0 saturated carbocycles. The lowest BCUT2D eigenvalue weighted by atomic mass is 9.98. The molecular formula is C17H27BrN4. The van der Waals surface area contributed by atoms with E-state index in [2.05, 4.69) is 68.3 Å². The van der Waals surface area contributed by atoms with Crippen molar-refractivity contribution in [2.24, 2.45) is 10.9 Å². The molecule has 1 saturated heterocycles. The van der Waals surface area contributed by atoms with Gasteiger partial charge >= 0.3 is 0 Å². The van der Waals surface area contributed by atoms with Crippen molar-refractivity contribution in [3.63, 3.8) is 0 Å². The van der Waals surface area contributed by atoms with Gasteiger partial charge in [0.25, 0.3) is 0 Å². The fourth-order valence-electron chi connectivity index (χ4n) is 3.02. The Morgan fingerprint density at radius 2 is 2.23 bits per heavy atom. The number of benzene rings is 1. The van der Waals surface area contributed by atoms with E-state index in [-0.39, 0.29) is 0 Å². The van der Waals surface area contributed by atoms with Gasteiger partial charge < -0.3 is 15.1 Å². The maximum Gasteiger partial charge on any atom is 0.193 e. The molecule has 1 aliphatic heterocycles. The Kier molecular flexibility index (Phi) is 6.70. The van der Waals surface area contributed by atoms with Crippen LogP contribution in [0.15, 0.2) is 33.7 Å². The summed E-state index contributed by atoms with van der Waals surface area (Å²) in [6.07, 6.45) is 2.61. The third-order valence-electron chi connectivity index (χ3n) is 4.21. The van der Waals surface area contributed by atoms with Crippen LogP contribution in [0.4, 0.5) is 0 Å². The van der Waals surface area contributed by atoms with Crippen molar-refractivity contribution >= 4 is 21.9 Å². The van der Waals surface area contributed by atoms with Crippen LogP contribution < -0.4 is 5.32 Å². The van der Waals surface area contributed by atoms with E-state index in [9.17, 15) is 0 Å². The highest BCUT2D eigenvalue weighted by Crippen LogP contribution is 2.17. The molecule has 1 heterocycles. The van der Waals surface area contributed by atoms with E-state index in [1.54, 1.807) is 0 Å². The highest BCUT2D eigenvalue weighted by Gasteiger charge is 2.18. The molecule has 122 valence electrons. The number of aliphatic imine (C=N–C) groups is 1. The highest BCUT2D eigenvalue weighted by atomic mass is 79.9. The number of likely N-dealkylation sites (tertiary alicyclic amines) is 1. The van der Waals surface area contributed by atoms with Crippen LogP contribution in [0.1, 0.15) is 18.4 Å². The Morgan fingerprint density at radius 1 is 1.45 bits per heavy atom. The number of nitrogens with one attached hydrogen (secondary N) is 1. The van der Waals surface area contributed by atoms with Gasteiger partial charge in [0.2, 0.25) is 0 Å². The lowest BCUT2D eigenvalue weighted by molar-refractivity contribution is 0.209. The van der Waals surface area contributed by atoms with Gasteiger partial charge in [-0.05, 0) is 44.0 Å². The molecule has 1 aliphatic rings. The first-order valence-corrected chi connectivity index (χ1v) is 8.73. The van der Waals surface area contributed by atoms with Gasteiger partial charge in [0, 0.05) is 38.2 Å². The van der Waals surface area contributed by atoms with Gasteiger partial charge in [0.15, 0.2) is 5.96 Å². The quantitative estimate of drug-likeness (QED) is 0.656. The van der Waals surface area contributed by atoms with Gasteiger partial charge in [-0.15, -0.1) is 0 Å². The van der Waals surface area contributed by atoms with Crippen LogP contribution in [0.3, 0.4) is 0 Å². The molecule has 22 heavy (non-hydrogen) atoms. The third-order valence-corrected chi connectivity index (χ3v) is 4.98. The third kappa shape index (κ3) is 4.99. The number of piperidine rings is 1. The van der Waals surface area contributed by atoms with E-state index < -0.39 is 0 Å². The standard InChI is InChI=1S/C17H27BrN4/c1-19-17(20-11-14-7-6-10-21(2)12-14)22(3)13-15-8-4-5-9-16(15)18/h4-5,8-9,14H,6-7,10-13H2,1-3H3,(H,19,20). The molecule has 0 bridgehead atoms. The topological polar surface area (TPSA) is 30.9 Å². The van der Waals surface area contributed by atoms with Crippen molar-refractivity contribution in [2.45, 2.75) is 19.4 Å². The summed E-state index contributed by atoms with van der Waals surface area (Å²) in [5, 5.41) is 3.53. The second-order valence-corrected chi connectivity index (χ2v) is 7.00. The maximum absolute atomic E-state index is 4.42. The van der Waals surface area contributed by atoms with E-state index in [0.29, 0.717) is 5.92 Å². The summed E-state index contributed by atoms with van der Waals surface area (Å²) >= 11 is 3.61. The first-order valence-electron chi connectivity index (χ1n) is 7.94. The number of nitrogens with zero attached hydrogens (tertiary/aromatic N) is 3. The molecule has 0 aliphatic carbocycles. The number of halogens is 1. The molecule has 1 atom stereocenters. The Hall–Kier alpha value is -1.07. The van der Waals surface area contributed by atoms with Crippen molar-refractivity contribution < 1.29 is 0 Å². The van der Waals surface area contributed by atoms with Gasteiger partial charge in [-0.25, -0.2) is 0 Å². The second-order valence-electron chi connectivity index (χ2n) is 6.15. The first-order chi connectivity index (χ1) is 10.6. The lowest BCUT2D eigenvalue weighted by Crippen LogP contribution is -2.44. The summed E-state index contributed by atoms with van der Waals surface area (Å²) in [5.74, 6) is 1.68. The minimum atomic E-state index is 0.715.